The number of anilines is 2. The normalized spacial score (nSPS) is 10.6. The van der Waals surface area contributed by atoms with Crippen LogP contribution >= 0.6 is 0 Å². The van der Waals surface area contributed by atoms with Gasteiger partial charge in [-0.05, 0) is 37.5 Å². The number of aromatic nitrogens is 2. The molecule has 0 bridgehead atoms. The zero-order valence-corrected chi connectivity index (χ0v) is 15.8. The van der Waals surface area contributed by atoms with Crippen molar-refractivity contribution in [1.29, 1.82) is 0 Å². The minimum absolute atomic E-state index is 0.176. The lowest BCUT2D eigenvalue weighted by molar-refractivity contribution is 0.610. The van der Waals surface area contributed by atoms with Crippen molar-refractivity contribution in [3.63, 3.8) is 0 Å². The van der Waals surface area contributed by atoms with Crippen molar-refractivity contribution in [3.8, 4) is 0 Å². The molecule has 0 aliphatic carbocycles. The topological polar surface area (TPSA) is 41.1 Å². The lowest BCUT2D eigenvalue weighted by atomic mass is 10.1. The molecular weight excluding hydrogens is 339 g/mol. The van der Waals surface area contributed by atoms with Gasteiger partial charge in [-0.2, -0.15) is 4.98 Å². The minimum atomic E-state index is -0.176. The van der Waals surface area contributed by atoms with Gasteiger partial charge in [0.05, 0.1) is 0 Å². The van der Waals surface area contributed by atoms with Crippen molar-refractivity contribution in [2.45, 2.75) is 26.8 Å². The molecule has 3 rings (SSSR count). The number of nitrogens with zero attached hydrogens (tertiary/aromatic N) is 3. The molecule has 5 heteroatoms. The van der Waals surface area contributed by atoms with Gasteiger partial charge < -0.3 is 10.2 Å². The second kappa shape index (κ2) is 9.12. The molecule has 0 saturated carbocycles. The van der Waals surface area contributed by atoms with Crippen LogP contribution in [-0.2, 0) is 13.0 Å². The second-order valence-electron chi connectivity index (χ2n) is 6.46. The van der Waals surface area contributed by atoms with Gasteiger partial charge >= 0.3 is 0 Å². The van der Waals surface area contributed by atoms with Crippen LogP contribution in [0.4, 0.5) is 16.2 Å². The average Bonchev–Trinajstić information content (AvgIpc) is 2.68. The van der Waals surface area contributed by atoms with Gasteiger partial charge in [-0.15, -0.1) is 0 Å². The Morgan fingerprint density at radius 3 is 2.48 bits per heavy atom. The Hall–Kier alpha value is -2.95. The van der Waals surface area contributed by atoms with Crippen LogP contribution < -0.4 is 10.2 Å². The highest BCUT2D eigenvalue weighted by atomic mass is 19.1. The standard InChI is InChI=1S/C22H25FN4/c1-3-27(16-18-9-5-4-6-10-18)21-15-17(2)25-22(26-21)24-14-13-19-11-7-8-12-20(19)23/h4-12,15H,3,13-14,16H2,1-2H3,(H,24,25,26). The lowest BCUT2D eigenvalue weighted by Crippen LogP contribution is -2.24. The SMILES string of the molecule is CCN(Cc1ccccc1)c1cc(C)nc(NCCc2ccccc2F)n1. The van der Waals surface area contributed by atoms with Crippen LogP contribution in [0.1, 0.15) is 23.7 Å². The van der Waals surface area contributed by atoms with Crippen LogP contribution in [-0.4, -0.2) is 23.1 Å². The van der Waals surface area contributed by atoms with Crippen molar-refractivity contribution >= 4 is 11.8 Å². The fourth-order valence-corrected chi connectivity index (χ4v) is 2.96. The fourth-order valence-electron chi connectivity index (χ4n) is 2.96. The highest BCUT2D eigenvalue weighted by molar-refractivity contribution is 5.45. The first-order valence-electron chi connectivity index (χ1n) is 9.27. The van der Waals surface area contributed by atoms with Crippen LogP contribution in [0, 0.1) is 12.7 Å². The maximum absolute atomic E-state index is 13.7. The minimum Gasteiger partial charge on any atom is -0.354 e. The summed E-state index contributed by atoms with van der Waals surface area (Å²) in [5.74, 6) is 1.29. The third-order valence-corrected chi connectivity index (χ3v) is 4.40. The number of aryl methyl sites for hydroxylation is 1. The summed E-state index contributed by atoms with van der Waals surface area (Å²) >= 11 is 0. The first-order valence-corrected chi connectivity index (χ1v) is 9.27. The molecule has 0 aliphatic heterocycles. The van der Waals surface area contributed by atoms with Crippen LogP contribution in [0.5, 0.6) is 0 Å². The fraction of sp³-hybridized carbons (Fsp3) is 0.273. The van der Waals surface area contributed by atoms with Gasteiger partial charge in [0.2, 0.25) is 5.95 Å². The van der Waals surface area contributed by atoms with Crippen molar-refractivity contribution in [2.24, 2.45) is 0 Å². The smallest absolute Gasteiger partial charge is 0.224 e. The summed E-state index contributed by atoms with van der Waals surface area (Å²) in [6, 6.07) is 19.2. The Labute approximate surface area is 160 Å². The highest BCUT2D eigenvalue weighted by Gasteiger charge is 2.10. The Morgan fingerprint density at radius 1 is 1.00 bits per heavy atom. The summed E-state index contributed by atoms with van der Waals surface area (Å²) < 4.78 is 13.7. The summed E-state index contributed by atoms with van der Waals surface area (Å²) in [4.78, 5) is 11.3. The van der Waals surface area contributed by atoms with Gasteiger partial charge in [-0.3, -0.25) is 0 Å². The van der Waals surface area contributed by atoms with Crippen molar-refractivity contribution in [1.82, 2.24) is 9.97 Å². The molecule has 3 aromatic rings. The molecule has 0 spiro atoms. The first-order chi connectivity index (χ1) is 13.2. The van der Waals surface area contributed by atoms with E-state index in [9.17, 15) is 4.39 Å². The zero-order valence-electron chi connectivity index (χ0n) is 15.8. The molecule has 0 saturated heterocycles. The highest BCUT2D eigenvalue weighted by Crippen LogP contribution is 2.18. The quantitative estimate of drug-likeness (QED) is 0.634. The third kappa shape index (κ3) is 5.26. The van der Waals surface area contributed by atoms with Gasteiger partial charge in [0.25, 0.3) is 0 Å². The average molecular weight is 364 g/mol. The summed E-state index contributed by atoms with van der Waals surface area (Å²) in [7, 11) is 0. The third-order valence-electron chi connectivity index (χ3n) is 4.40. The Kier molecular flexibility index (Phi) is 6.36. The van der Waals surface area contributed by atoms with E-state index in [2.05, 4.69) is 39.2 Å². The van der Waals surface area contributed by atoms with Gasteiger partial charge in [-0.1, -0.05) is 48.5 Å². The van der Waals surface area contributed by atoms with E-state index in [1.165, 1.54) is 11.6 Å². The summed E-state index contributed by atoms with van der Waals surface area (Å²) in [6.45, 7) is 6.30. The Bertz CT molecular complexity index is 867. The molecule has 4 nitrogen and oxygen atoms in total. The molecule has 0 unspecified atom stereocenters. The molecule has 0 fully saturated rings. The Morgan fingerprint density at radius 2 is 1.74 bits per heavy atom. The molecule has 0 radical (unpaired) electrons. The summed E-state index contributed by atoms with van der Waals surface area (Å²) in [6.07, 6.45) is 0.584. The van der Waals surface area contributed by atoms with Gasteiger partial charge in [-0.25, -0.2) is 9.37 Å². The molecule has 2 aromatic carbocycles. The molecule has 0 aliphatic rings. The van der Waals surface area contributed by atoms with E-state index in [1.807, 2.05) is 37.3 Å². The van der Waals surface area contributed by atoms with E-state index in [-0.39, 0.29) is 5.82 Å². The molecular formula is C22H25FN4. The van der Waals surface area contributed by atoms with Crippen molar-refractivity contribution < 1.29 is 4.39 Å². The number of halogens is 1. The zero-order chi connectivity index (χ0) is 19.1. The van der Waals surface area contributed by atoms with Crippen LogP contribution in [0.15, 0.2) is 60.7 Å². The molecule has 27 heavy (non-hydrogen) atoms. The van der Waals surface area contributed by atoms with E-state index < -0.39 is 0 Å². The molecule has 140 valence electrons. The molecule has 1 aromatic heterocycles. The number of hydrogen-bond acceptors (Lipinski definition) is 4. The van der Waals surface area contributed by atoms with Crippen molar-refractivity contribution in [3.05, 3.63) is 83.3 Å². The van der Waals surface area contributed by atoms with Crippen LogP contribution in [0.25, 0.3) is 0 Å². The largest absolute Gasteiger partial charge is 0.354 e. The van der Waals surface area contributed by atoms with Gasteiger partial charge in [0.1, 0.15) is 11.6 Å². The van der Waals surface area contributed by atoms with Crippen LogP contribution in [0.3, 0.4) is 0 Å². The van der Waals surface area contributed by atoms with E-state index in [4.69, 9.17) is 0 Å². The maximum atomic E-state index is 13.7. The van der Waals surface area contributed by atoms with E-state index in [1.54, 1.807) is 12.1 Å². The summed E-state index contributed by atoms with van der Waals surface area (Å²) in [5.41, 5.74) is 2.83. The lowest BCUT2D eigenvalue weighted by Gasteiger charge is -2.23. The first kappa shape index (κ1) is 18.8. The number of benzene rings is 2. The molecule has 0 atom stereocenters. The van der Waals surface area contributed by atoms with Crippen LogP contribution in [0.2, 0.25) is 0 Å². The monoisotopic (exact) mass is 364 g/mol. The summed E-state index contributed by atoms with van der Waals surface area (Å²) in [5, 5.41) is 3.23. The number of hydrogen-bond donors (Lipinski definition) is 1. The molecule has 1 heterocycles. The maximum Gasteiger partial charge on any atom is 0.224 e. The number of rotatable bonds is 8. The molecule has 1 N–H and O–H groups in total. The van der Waals surface area contributed by atoms with Gasteiger partial charge in [0.15, 0.2) is 0 Å². The predicted octanol–water partition coefficient (Wildman–Crippen LogP) is 4.61. The Balaban J connectivity index is 1.68. The van der Waals surface area contributed by atoms with E-state index in [0.29, 0.717) is 24.5 Å². The number of nitrogens with one attached hydrogen (secondary N) is 1. The van der Waals surface area contributed by atoms with E-state index >= 15 is 0 Å². The van der Waals surface area contributed by atoms with Crippen molar-refractivity contribution in [2.75, 3.05) is 23.3 Å². The predicted molar refractivity (Wildman–Crippen MR) is 109 cm³/mol. The van der Waals surface area contributed by atoms with E-state index in [0.717, 1.165) is 24.6 Å². The van der Waals surface area contributed by atoms with Gasteiger partial charge in [0, 0.05) is 31.4 Å². The second-order valence-corrected chi connectivity index (χ2v) is 6.46. The molecule has 0 amide bonds.